The summed E-state index contributed by atoms with van der Waals surface area (Å²) in [6.45, 7) is -0.522. The van der Waals surface area contributed by atoms with E-state index in [1.165, 1.54) is 0 Å². The number of hydrogen-bond donors (Lipinski definition) is 4. The summed E-state index contributed by atoms with van der Waals surface area (Å²) in [6.07, 6.45) is -1.36. The molecule has 1 heterocycles. The predicted molar refractivity (Wildman–Crippen MR) is 54.6 cm³/mol. The summed E-state index contributed by atoms with van der Waals surface area (Å²) in [5, 5.41) is 26.2. The highest BCUT2D eigenvalue weighted by Gasteiger charge is 2.51. The van der Waals surface area contributed by atoms with Crippen LogP contribution < -0.4 is 5.73 Å². The Labute approximate surface area is 101 Å². The molecule has 9 heteroatoms. The van der Waals surface area contributed by atoms with Crippen LogP contribution in [0.3, 0.4) is 0 Å². The van der Waals surface area contributed by atoms with Crippen LogP contribution >= 0.6 is 0 Å². The van der Waals surface area contributed by atoms with E-state index in [1.54, 1.807) is 0 Å². The third kappa shape index (κ3) is 2.56. The fourth-order valence-corrected chi connectivity index (χ4v) is 1.80. The summed E-state index contributed by atoms with van der Waals surface area (Å²) in [5.74, 6) is -5.24. The predicted octanol–water partition coefficient (Wildman–Crippen LogP) is -2.07. The van der Waals surface area contributed by atoms with Gasteiger partial charge >= 0.3 is 17.9 Å². The van der Waals surface area contributed by atoms with Gasteiger partial charge in [0.2, 0.25) is 5.91 Å². The largest absolute Gasteiger partial charge is 0.481 e. The minimum absolute atomic E-state index is 0.455. The summed E-state index contributed by atoms with van der Waals surface area (Å²) < 4.78 is 0. The lowest BCUT2D eigenvalue weighted by molar-refractivity contribution is -0.151. The van der Waals surface area contributed by atoms with Crippen molar-refractivity contribution in [2.45, 2.75) is 24.4 Å². The van der Waals surface area contributed by atoms with Gasteiger partial charge in [0.25, 0.3) is 0 Å². The maximum atomic E-state index is 11.5. The van der Waals surface area contributed by atoms with E-state index in [1.807, 2.05) is 0 Å². The minimum Gasteiger partial charge on any atom is -0.481 e. The molecule has 0 radical (unpaired) electrons. The lowest BCUT2D eigenvalue weighted by atomic mass is 9.98. The van der Waals surface area contributed by atoms with Crippen LogP contribution in [-0.2, 0) is 19.2 Å². The molecule has 1 rings (SSSR count). The van der Waals surface area contributed by atoms with Gasteiger partial charge in [0.05, 0.1) is 6.54 Å². The number of carbonyl (C=O) groups excluding carboxylic acids is 1. The maximum absolute atomic E-state index is 11.5. The molecule has 2 atom stereocenters. The zero-order valence-corrected chi connectivity index (χ0v) is 9.20. The molecular weight excluding hydrogens is 248 g/mol. The molecule has 18 heavy (non-hydrogen) atoms. The van der Waals surface area contributed by atoms with Crippen LogP contribution in [0.5, 0.6) is 0 Å². The molecule has 0 saturated carbocycles. The van der Waals surface area contributed by atoms with Crippen LogP contribution in [0.25, 0.3) is 0 Å². The van der Waals surface area contributed by atoms with Crippen LogP contribution in [0, 0.1) is 0 Å². The Morgan fingerprint density at radius 2 is 1.78 bits per heavy atom. The number of aliphatic carboxylic acids is 3. The second-order valence-electron chi connectivity index (χ2n) is 4.11. The van der Waals surface area contributed by atoms with Crippen molar-refractivity contribution in [3.05, 3.63) is 0 Å². The number of carbonyl (C=O) groups is 4. The highest BCUT2D eigenvalue weighted by molar-refractivity contribution is 5.96. The standard InChI is InChI=1S/C9H12N2O7/c10-9(8(17)18)2-4(7(15)16)11(3-9)5(12)1-6(13)14/h4H,1-3,10H2,(H,13,14)(H,15,16)(H,17,18)/t4-,9-/m1/s1. The summed E-state index contributed by atoms with van der Waals surface area (Å²) in [7, 11) is 0. The molecule has 100 valence electrons. The molecule has 0 bridgehead atoms. The molecule has 1 amide bonds. The first-order chi connectivity index (χ1) is 8.17. The average Bonchev–Trinajstić information content (AvgIpc) is 2.57. The van der Waals surface area contributed by atoms with Gasteiger partial charge in [0, 0.05) is 6.42 Å². The van der Waals surface area contributed by atoms with Gasteiger partial charge in [0.15, 0.2) is 0 Å². The van der Waals surface area contributed by atoms with Gasteiger partial charge in [0.1, 0.15) is 18.0 Å². The number of rotatable bonds is 4. The maximum Gasteiger partial charge on any atom is 0.326 e. The molecule has 0 aliphatic carbocycles. The van der Waals surface area contributed by atoms with E-state index in [2.05, 4.69) is 0 Å². The average molecular weight is 260 g/mol. The van der Waals surface area contributed by atoms with E-state index in [9.17, 15) is 19.2 Å². The molecule has 0 aromatic carbocycles. The molecule has 1 saturated heterocycles. The third-order valence-electron chi connectivity index (χ3n) is 2.72. The fourth-order valence-electron chi connectivity index (χ4n) is 1.80. The van der Waals surface area contributed by atoms with Gasteiger partial charge in [-0.15, -0.1) is 0 Å². The smallest absolute Gasteiger partial charge is 0.326 e. The zero-order chi connectivity index (χ0) is 14.1. The molecule has 1 aliphatic rings. The summed E-state index contributed by atoms with van der Waals surface area (Å²) in [6, 6.07) is -1.42. The molecule has 0 aromatic heterocycles. The third-order valence-corrected chi connectivity index (χ3v) is 2.72. The SMILES string of the molecule is N[C@]1(C(=O)O)C[C@H](C(=O)O)N(C(=O)CC(=O)O)C1. The zero-order valence-electron chi connectivity index (χ0n) is 9.20. The summed E-state index contributed by atoms with van der Waals surface area (Å²) >= 11 is 0. The summed E-state index contributed by atoms with van der Waals surface area (Å²) in [5.41, 5.74) is 3.62. The first-order valence-corrected chi connectivity index (χ1v) is 4.94. The van der Waals surface area contributed by atoms with Crippen LogP contribution in [0.4, 0.5) is 0 Å². The number of amides is 1. The van der Waals surface area contributed by atoms with Crippen molar-refractivity contribution in [2.24, 2.45) is 5.73 Å². The normalized spacial score (nSPS) is 26.9. The van der Waals surface area contributed by atoms with E-state index in [4.69, 9.17) is 21.1 Å². The van der Waals surface area contributed by atoms with E-state index in [-0.39, 0.29) is 0 Å². The van der Waals surface area contributed by atoms with Crippen LogP contribution in [-0.4, -0.2) is 62.2 Å². The Morgan fingerprint density at radius 1 is 1.22 bits per heavy atom. The van der Waals surface area contributed by atoms with Crippen molar-refractivity contribution in [3.63, 3.8) is 0 Å². The van der Waals surface area contributed by atoms with Crippen molar-refractivity contribution < 1.29 is 34.5 Å². The van der Waals surface area contributed by atoms with Gasteiger partial charge in [-0.2, -0.15) is 0 Å². The van der Waals surface area contributed by atoms with Crippen molar-refractivity contribution in [2.75, 3.05) is 6.54 Å². The van der Waals surface area contributed by atoms with Crippen molar-refractivity contribution in [1.82, 2.24) is 4.90 Å². The second kappa shape index (κ2) is 4.61. The molecule has 0 spiro atoms. The minimum atomic E-state index is -1.86. The van der Waals surface area contributed by atoms with Gasteiger partial charge < -0.3 is 26.0 Å². The summed E-state index contributed by atoms with van der Waals surface area (Å²) in [4.78, 5) is 44.4. The number of hydrogen-bond acceptors (Lipinski definition) is 5. The number of carboxylic acid groups (broad SMARTS) is 3. The molecule has 1 aliphatic heterocycles. The quantitative estimate of drug-likeness (QED) is 0.419. The number of nitrogens with zero attached hydrogens (tertiary/aromatic N) is 1. The molecule has 9 nitrogen and oxygen atoms in total. The molecular formula is C9H12N2O7. The first kappa shape index (κ1) is 13.9. The Balaban J connectivity index is 2.95. The number of likely N-dealkylation sites (tertiary alicyclic amines) is 1. The van der Waals surface area contributed by atoms with Crippen molar-refractivity contribution in [1.29, 1.82) is 0 Å². The topological polar surface area (TPSA) is 158 Å². The Morgan fingerprint density at radius 3 is 2.17 bits per heavy atom. The van der Waals surface area contributed by atoms with Gasteiger partial charge in [-0.05, 0) is 0 Å². The Bertz CT molecular complexity index is 421. The lowest BCUT2D eigenvalue weighted by Crippen LogP contribution is -2.50. The van der Waals surface area contributed by atoms with E-state index in [0.29, 0.717) is 4.90 Å². The van der Waals surface area contributed by atoms with Crippen molar-refractivity contribution in [3.8, 4) is 0 Å². The molecule has 1 fully saturated rings. The van der Waals surface area contributed by atoms with E-state index >= 15 is 0 Å². The highest BCUT2D eigenvalue weighted by Crippen LogP contribution is 2.26. The second-order valence-corrected chi connectivity index (χ2v) is 4.11. The van der Waals surface area contributed by atoms with Gasteiger partial charge in [-0.25, -0.2) is 4.79 Å². The van der Waals surface area contributed by atoms with Crippen LogP contribution in [0.15, 0.2) is 0 Å². The molecule has 5 N–H and O–H groups in total. The monoisotopic (exact) mass is 260 g/mol. The first-order valence-electron chi connectivity index (χ1n) is 4.94. The Kier molecular flexibility index (Phi) is 3.56. The number of carboxylic acids is 3. The number of nitrogens with two attached hydrogens (primary N) is 1. The molecule has 0 unspecified atom stereocenters. The fraction of sp³-hybridized carbons (Fsp3) is 0.556. The van der Waals surface area contributed by atoms with Crippen molar-refractivity contribution >= 4 is 23.8 Å². The molecule has 0 aromatic rings. The van der Waals surface area contributed by atoms with Gasteiger partial charge in [-0.1, -0.05) is 0 Å². The Hall–Kier alpha value is -2.16. The lowest BCUT2D eigenvalue weighted by Gasteiger charge is -2.21. The van der Waals surface area contributed by atoms with E-state index < -0.39 is 54.8 Å². The van der Waals surface area contributed by atoms with Crippen LogP contribution in [0.2, 0.25) is 0 Å². The van der Waals surface area contributed by atoms with Gasteiger partial charge in [-0.3, -0.25) is 14.4 Å². The van der Waals surface area contributed by atoms with Crippen LogP contribution in [0.1, 0.15) is 12.8 Å². The highest BCUT2D eigenvalue weighted by atomic mass is 16.4. The van der Waals surface area contributed by atoms with E-state index in [0.717, 1.165) is 0 Å².